The van der Waals surface area contributed by atoms with Crippen molar-refractivity contribution in [2.75, 3.05) is 4.90 Å². The van der Waals surface area contributed by atoms with Gasteiger partial charge in [0.25, 0.3) is 11.8 Å². The lowest BCUT2D eigenvalue weighted by molar-refractivity contribution is -0.122. The SMILES string of the molecule is O=C1NC(=O)N(c2ccc(Cl)cc2)C(=O)C1=Cc1ccc(OCc2ccc(Cl)cc2)cc1. The molecule has 0 saturated carbocycles. The molecule has 3 aromatic carbocycles. The maximum absolute atomic E-state index is 12.9. The van der Waals surface area contributed by atoms with Gasteiger partial charge in [-0.3, -0.25) is 14.9 Å². The smallest absolute Gasteiger partial charge is 0.335 e. The van der Waals surface area contributed by atoms with E-state index >= 15 is 0 Å². The maximum atomic E-state index is 12.9. The Bertz CT molecular complexity index is 1200. The van der Waals surface area contributed by atoms with Crippen LogP contribution in [0.25, 0.3) is 6.08 Å². The van der Waals surface area contributed by atoms with Gasteiger partial charge < -0.3 is 4.74 Å². The Morgan fingerprint density at radius 1 is 0.812 bits per heavy atom. The molecule has 0 spiro atoms. The number of nitrogens with one attached hydrogen (secondary N) is 1. The molecule has 3 aromatic rings. The highest BCUT2D eigenvalue weighted by atomic mass is 35.5. The van der Waals surface area contributed by atoms with Gasteiger partial charge in [-0.2, -0.15) is 0 Å². The Morgan fingerprint density at radius 2 is 1.41 bits per heavy atom. The fourth-order valence-corrected chi connectivity index (χ4v) is 3.31. The molecule has 0 aromatic heterocycles. The number of nitrogens with zero attached hydrogens (tertiary/aromatic N) is 1. The van der Waals surface area contributed by atoms with Gasteiger partial charge in [0.1, 0.15) is 17.9 Å². The summed E-state index contributed by atoms with van der Waals surface area (Å²) in [6.45, 7) is 0.372. The molecule has 0 bridgehead atoms. The molecule has 1 aliphatic heterocycles. The molecule has 32 heavy (non-hydrogen) atoms. The topological polar surface area (TPSA) is 75.7 Å². The fraction of sp³-hybridized carbons (Fsp3) is 0.0417. The number of hydrogen-bond acceptors (Lipinski definition) is 4. The molecule has 1 aliphatic rings. The standard InChI is InChI=1S/C24H16Cl2N2O4/c25-17-5-1-16(2-6-17)14-32-20-11-3-15(4-12-20)13-21-22(29)27-24(31)28(23(21)30)19-9-7-18(26)8-10-19/h1-13H,14H2,(H,27,29,31). The van der Waals surface area contributed by atoms with Crippen LogP contribution in [0.2, 0.25) is 10.0 Å². The molecular weight excluding hydrogens is 451 g/mol. The van der Waals surface area contributed by atoms with Crippen LogP contribution in [0.3, 0.4) is 0 Å². The third-order valence-corrected chi connectivity index (χ3v) is 5.20. The Hall–Kier alpha value is -3.61. The zero-order valence-electron chi connectivity index (χ0n) is 16.5. The minimum Gasteiger partial charge on any atom is -0.489 e. The lowest BCUT2D eigenvalue weighted by Crippen LogP contribution is -2.54. The van der Waals surface area contributed by atoms with Gasteiger partial charge in [0.05, 0.1) is 5.69 Å². The summed E-state index contributed by atoms with van der Waals surface area (Å²) in [6, 6.07) is 19.6. The Kier molecular flexibility index (Phi) is 6.25. The van der Waals surface area contributed by atoms with E-state index in [1.807, 2.05) is 12.1 Å². The van der Waals surface area contributed by atoms with Crippen molar-refractivity contribution in [2.24, 2.45) is 0 Å². The van der Waals surface area contributed by atoms with E-state index in [0.717, 1.165) is 10.5 Å². The van der Waals surface area contributed by atoms with Crippen molar-refractivity contribution in [3.8, 4) is 5.75 Å². The van der Waals surface area contributed by atoms with Gasteiger partial charge in [-0.05, 0) is 65.7 Å². The second-order valence-corrected chi connectivity index (χ2v) is 7.79. The van der Waals surface area contributed by atoms with Crippen molar-refractivity contribution in [1.82, 2.24) is 5.32 Å². The number of rotatable bonds is 5. The Morgan fingerprint density at radius 3 is 2.03 bits per heavy atom. The van der Waals surface area contributed by atoms with Crippen LogP contribution in [-0.4, -0.2) is 17.8 Å². The number of carbonyl (C=O) groups excluding carboxylic acids is 3. The first-order valence-electron chi connectivity index (χ1n) is 9.55. The first kappa shape index (κ1) is 21.6. The lowest BCUT2D eigenvalue weighted by Gasteiger charge is -2.26. The van der Waals surface area contributed by atoms with E-state index in [1.165, 1.54) is 18.2 Å². The third kappa shape index (κ3) is 4.82. The summed E-state index contributed by atoms with van der Waals surface area (Å²) in [5.41, 5.74) is 1.72. The number of amides is 4. The number of barbiturate groups is 1. The first-order chi connectivity index (χ1) is 15.4. The Labute approximate surface area is 194 Å². The molecule has 4 amide bonds. The highest BCUT2D eigenvalue weighted by Crippen LogP contribution is 2.24. The van der Waals surface area contributed by atoms with Crippen LogP contribution in [0.15, 0.2) is 78.4 Å². The molecule has 0 radical (unpaired) electrons. The van der Waals surface area contributed by atoms with Crippen LogP contribution in [0.5, 0.6) is 5.75 Å². The average Bonchev–Trinajstić information content (AvgIpc) is 2.78. The van der Waals surface area contributed by atoms with Gasteiger partial charge in [-0.15, -0.1) is 0 Å². The van der Waals surface area contributed by atoms with Crippen LogP contribution in [0, 0.1) is 0 Å². The first-order valence-corrected chi connectivity index (χ1v) is 10.3. The molecule has 8 heteroatoms. The number of imide groups is 2. The van der Waals surface area contributed by atoms with Crippen molar-refractivity contribution < 1.29 is 19.1 Å². The van der Waals surface area contributed by atoms with E-state index in [-0.39, 0.29) is 5.57 Å². The molecule has 0 aliphatic carbocycles. The number of urea groups is 1. The predicted molar refractivity (Wildman–Crippen MR) is 123 cm³/mol. The van der Waals surface area contributed by atoms with Gasteiger partial charge in [0, 0.05) is 10.0 Å². The zero-order valence-corrected chi connectivity index (χ0v) is 18.1. The number of halogens is 2. The largest absolute Gasteiger partial charge is 0.489 e. The number of carbonyl (C=O) groups is 3. The van der Waals surface area contributed by atoms with Crippen LogP contribution in [0.1, 0.15) is 11.1 Å². The van der Waals surface area contributed by atoms with Crippen molar-refractivity contribution in [3.63, 3.8) is 0 Å². The summed E-state index contributed by atoms with van der Waals surface area (Å²) in [4.78, 5) is 38.3. The van der Waals surface area contributed by atoms with E-state index < -0.39 is 17.8 Å². The molecule has 6 nitrogen and oxygen atoms in total. The van der Waals surface area contributed by atoms with E-state index in [0.29, 0.717) is 33.7 Å². The number of ether oxygens (including phenoxy) is 1. The lowest BCUT2D eigenvalue weighted by atomic mass is 10.1. The maximum Gasteiger partial charge on any atom is 0.335 e. The van der Waals surface area contributed by atoms with Gasteiger partial charge in [0.15, 0.2) is 0 Å². The van der Waals surface area contributed by atoms with Crippen LogP contribution < -0.4 is 15.0 Å². The monoisotopic (exact) mass is 466 g/mol. The highest BCUT2D eigenvalue weighted by Gasteiger charge is 2.36. The van der Waals surface area contributed by atoms with Gasteiger partial charge in [0.2, 0.25) is 0 Å². The summed E-state index contributed by atoms with van der Waals surface area (Å²) >= 11 is 11.8. The fourth-order valence-electron chi connectivity index (χ4n) is 3.06. The second kappa shape index (κ2) is 9.26. The van der Waals surface area contributed by atoms with E-state index in [2.05, 4.69) is 5.32 Å². The van der Waals surface area contributed by atoms with Crippen LogP contribution in [-0.2, 0) is 16.2 Å². The summed E-state index contributed by atoms with van der Waals surface area (Å²) in [6.07, 6.45) is 1.43. The molecular formula is C24H16Cl2N2O4. The molecule has 0 atom stereocenters. The van der Waals surface area contributed by atoms with Gasteiger partial charge in [-0.1, -0.05) is 47.5 Å². The quantitative estimate of drug-likeness (QED) is 0.412. The van der Waals surface area contributed by atoms with Crippen molar-refractivity contribution in [2.45, 2.75) is 6.61 Å². The molecule has 1 N–H and O–H groups in total. The summed E-state index contributed by atoms with van der Waals surface area (Å²) < 4.78 is 5.74. The molecule has 4 rings (SSSR count). The predicted octanol–water partition coefficient (Wildman–Crippen LogP) is 5.24. The molecule has 0 unspecified atom stereocenters. The van der Waals surface area contributed by atoms with Crippen molar-refractivity contribution in [1.29, 1.82) is 0 Å². The summed E-state index contributed by atoms with van der Waals surface area (Å²) in [5, 5.41) is 3.31. The van der Waals surface area contributed by atoms with E-state index in [4.69, 9.17) is 27.9 Å². The minimum absolute atomic E-state index is 0.158. The van der Waals surface area contributed by atoms with Crippen molar-refractivity contribution in [3.05, 3.63) is 99.5 Å². The molecule has 1 saturated heterocycles. The molecule has 160 valence electrons. The normalized spacial score (nSPS) is 15.1. The second-order valence-electron chi connectivity index (χ2n) is 6.92. The molecule has 1 heterocycles. The minimum atomic E-state index is -0.814. The summed E-state index contributed by atoms with van der Waals surface area (Å²) in [7, 11) is 0. The number of hydrogen-bond donors (Lipinski definition) is 1. The summed E-state index contributed by atoms with van der Waals surface area (Å²) in [5.74, 6) is -0.850. The highest BCUT2D eigenvalue weighted by molar-refractivity contribution is 6.39. The van der Waals surface area contributed by atoms with Crippen molar-refractivity contribution >= 4 is 52.8 Å². The van der Waals surface area contributed by atoms with Gasteiger partial charge in [-0.25, -0.2) is 9.69 Å². The average molecular weight is 467 g/mol. The molecule has 1 fully saturated rings. The van der Waals surface area contributed by atoms with Crippen LogP contribution in [0.4, 0.5) is 10.5 Å². The Balaban J connectivity index is 1.50. The number of anilines is 1. The van der Waals surface area contributed by atoms with Crippen LogP contribution >= 0.6 is 23.2 Å². The van der Waals surface area contributed by atoms with E-state index in [1.54, 1.807) is 48.5 Å². The van der Waals surface area contributed by atoms with Gasteiger partial charge >= 0.3 is 6.03 Å². The zero-order chi connectivity index (χ0) is 22.7. The third-order valence-electron chi connectivity index (χ3n) is 4.70. The van der Waals surface area contributed by atoms with E-state index in [9.17, 15) is 14.4 Å². The number of benzene rings is 3.